The normalized spacial score (nSPS) is 13.1. The lowest BCUT2D eigenvalue weighted by molar-refractivity contribution is -0.136. The summed E-state index contributed by atoms with van der Waals surface area (Å²) in [6.07, 6.45) is 4.77. The number of methoxy groups -OCH3 is 1. The van der Waals surface area contributed by atoms with Crippen molar-refractivity contribution in [3.63, 3.8) is 0 Å². The summed E-state index contributed by atoms with van der Waals surface area (Å²) in [5, 5.41) is 3.41. The van der Waals surface area contributed by atoms with E-state index >= 15 is 0 Å². The van der Waals surface area contributed by atoms with Crippen LogP contribution in [0.4, 0.5) is 0 Å². The van der Waals surface area contributed by atoms with Gasteiger partial charge in [-0.15, -0.1) is 0 Å². The Morgan fingerprint density at radius 2 is 2.05 bits per heavy atom. The topological polar surface area (TPSA) is 38.3 Å². The second-order valence-electron chi connectivity index (χ2n) is 4.91. The van der Waals surface area contributed by atoms with Crippen molar-refractivity contribution in [3.05, 3.63) is 47.5 Å². The Morgan fingerprint density at radius 1 is 1.35 bits per heavy atom. The number of benzene rings is 1. The largest absolute Gasteiger partial charge is 0.466 e. The summed E-state index contributed by atoms with van der Waals surface area (Å²) in [5.41, 5.74) is 2.09. The average molecular weight is 275 g/mol. The summed E-state index contributed by atoms with van der Waals surface area (Å²) in [5.74, 6) is -0.230. The van der Waals surface area contributed by atoms with E-state index in [1.54, 1.807) is 0 Å². The highest BCUT2D eigenvalue weighted by atomic mass is 16.5. The molecular formula is C17H25NO2. The van der Waals surface area contributed by atoms with Gasteiger partial charge < -0.3 is 10.1 Å². The van der Waals surface area contributed by atoms with Gasteiger partial charge in [0, 0.05) is 18.2 Å². The molecule has 1 N–H and O–H groups in total. The van der Waals surface area contributed by atoms with Gasteiger partial charge in [-0.25, -0.2) is 4.79 Å². The number of esters is 1. The zero-order chi connectivity index (χ0) is 14.8. The van der Waals surface area contributed by atoms with E-state index in [0.29, 0.717) is 19.0 Å². The number of hydrogen-bond donors (Lipinski definition) is 1. The molecule has 0 aliphatic rings. The number of hydrogen-bond acceptors (Lipinski definition) is 3. The van der Waals surface area contributed by atoms with Crippen molar-refractivity contribution in [2.24, 2.45) is 0 Å². The quantitative estimate of drug-likeness (QED) is 0.585. The Morgan fingerprint density at radius 3 is 2.65 bits per heavy atom. The number of rotatable bonds is 8. The van der Waals surface area contributed by atoms with Crippen LogP contribution in [0.25, 0.3) is 0 Å². The van der Waals surface area contributed by atoms with Crippen molar-refractivity contribution in [3.8, 4) is 0 Å². The molecule has 0 aliphatic carbocycles. The summed E-state index contributed by atoms with van der Waals surface area (Å²) < 4.78 is 4.73. The van der Waals surface area contributed by atoms with Crippen LogP contribution in [0.15, 0.2) is 42.0 Å². The fraction of sp³-hybridized carbons (Fsp3) is 0.471. The molecule has 110 valence electrons. The number of aryl methyl sites for hydroxylation is 1. The van der Waals surface area contributed by atoms with Gasteiger partial charge in [0.25, 0.3) is 0 Å². The van der Waals surface area contributed by atoms with Crippen molar-refractivity contribution in [1.82, 2.24) is 5.32 Å². The van der Waals surface area contributed by atoms with Crippen molar-refractivity contribution in [2.75, 3.05) is 13.7 Å². The first-order valence-corrected chi connectivity index (χ1v) is 7.22. The summed E-state index contributed by atoms with van der Waals surface area (Å²) in [4.78, 5) is 11.4. The van der Waals surface area contributed by atoms with Crippen molar-refractivity contribution < 1.29 is 9.53 Å². The Balaban J connectivity index is 2.31. The van der Waals surface area contributed by atoms with E-state index in [9.17, 15) is 4.79 Å². The van der Waals surface area contributed by atoms with Gasteiger partial charge in [-0.05, 0) is 31.7 Å². The number of ether oxygens (including phenoxy) is 1. The van der Waals surface area contributed by atoms with Gasteiger partial charge in [-0.2, -0.15) is 0 Å². The molecule has 0 saturated heterocycles. The van der Waals surface area contributed by atoms with Crippen molar-refractivity contribution in [2.45, 2.75) is 39.2 Å². The molecule has 1 unspecified atom stereocenters. The Hall–Kier alpha value is -1.61. The maximum atomic E-state index is 11.4. The molecule has 0 aromatic heterocycles. The van der Waals surface area contributed by atoms with Gasteiger partial charge in [-0.1, -0.05) is 43.3 Å². The zero-order valence-corrected chi connectivity index (χ0v) is 12.7. The van der Waals surface area contributed by atoms with E-state index in [1.165, 1.54) is 12.7 Å². The van der Waals surface area contributed by atoms with Crippen LogP contribution in [-0.2, 0) is 16.0 Å². The van der Waals surface area contributed by atoms with Gasteiger partial charge in [0.1, 0.15) is 0 Å². The molecule has 0 fully saturated rings. The first-order valence-electron chi connectivity index (χ1n) is 7.22. The first kappa shape index (κ1) is 16.4. The second-order valence-corrected chi connectivity index (χ2v) is 4.91. The van der Waals surface area contributed by atoms with Crippen LogP contribution in [0, 0.1) is 0 Å². The Labute approximate surface area is 122 Å². The van der Waals surface area contributed by atoms with Gasteiger partial charge in [0.15, 0.2) is 0 Å². The van der Waals surface area contributed by atoms with Gasteiger partial charge in [-0.3, -0.25) is 0 Å². The number of carbonyl (C=O) groups is 1. The van der Waals surface area contributed by atoms with E-state index in [4.69, 9.17) is 4.74 Å². The smallest absolute Gasteiger partial charge is 0.333 e. The molecule has 0 aliphatic heterocycles. The lowest BCUT2D eigenvalue weighted by atomic mass is 10.1. The molecule has 0 radical (unpaired) electrons. The summed E-state index contributed by atoms with van der Waals surface area (Å²) in [7, 11) is 1.42. The fourth-order valence-corrected chi connectivity index (χ4v) is 2.02. The van der Waals surface area contributed by atoms with E-state index in [-0.39, 0.29) is 5.97 Å². The van der Waals surface area contributed by atoms with Crippen molar-refractivity contribution >= 4 is 5.97 Å². The van der Waals surface area contributed by atoms with Crippen LogP contribution >= 0.6 is 0 Å². The molecule has 0 bridgehead atoms. The summed E-state index contributed by atoms with van der Waals surface area (Å²) in [6.45, 7) is 4.83. The zero-order valence-electron chi connectivity index (χ0n) is 12.7. The number of carbonyl (C=O) groups excluding carboxylic acids is 1. The van der Waals surface area contributed by atoms with Crippen LogP contribution in [0.3, 0.4) is 0 Å². The van der Waals surface area contributed by atoms with Gasteiger partial charge in [0.05, 0.1) is 7.11 Å². The maximum absolute atomic E-state index is 11.4. The Bertz CT molecular complexity index is 426. The lowest BCUT2D eigenvalue weighted by Gasteiger charge is -2.12. The second kappa shape index (κ2) is 9.32. The minimum atomic E-state index is -0.230. The van der Waals surface area contributed by atoms with E-state index < -0.39 is 0 Å². The molecule has 1 aromatic carbocycles. The van der Waals surface area contributed by atoms with Crippen LogP contribution in [-0.4, -0.2) is 25.7 Å². The highest BCUT2D eigenvalue weighted by Gasteiger charge is 2.06. The van der Waals surface area contributed by atoms with E-state index in [1.807, 2.05) is 19.1 Å². The third-order valence-corrected chi connectivity index (χ3v) is 3.35. The predicted octanol–water partition coefficient (Wildman–Crippen LogP) is 3.11. The van der Waals surface area contributed by atoms with E-state index in [0.717, 1.165) is 18.4 Å². The monoisotopic (exact) mass is 275 g/mol. The van der Waals surface area contributed by atoms with E-state index in [2.05, 4.69) is 36.5 Å². The minimum absolute atomic E-state index is 0.230. The number of nitrogens with one attached hydrogen (secondary N) is 1. The lowest BCUT2D eigenvalue weighted by Crippen LogP contribution is -2.27. The maximum Gasteiger partial charge on any atom is 0.333 e. The molecule has 1 rings (SSSR count). The molecule has 3 heteroatoms. The Kier molecular flexibility index (Phi) is 7.66. The molecule has 0 heterocycles. The molecule has 0 saturated carbocycles. The van der Waals surface area contributed by atoms with Crippen LogP contribution in [0.5, 0.6) is 0 Å². The third kappa shape index (κ3) is 6.02. The molecular weight excluding hydrogens is 250 g/mol. The minimum Gasteiger partial charge on any atom is -0.466 e. The third-order valence-electron chi connectivity index (χ3n) is 3.35. The van der Waals surface area contributed by atoms with Gasteiger partial charge >= 0.3 is 5.97 Å². The average Bonchev–Trinajstić information content (AvgIpc) is 2.50. The van der Waals surface area contributed by atoms with Crippen LogP contribution < -0.4 is 5.32 Å². The highest BCUT2D eigenvalue weighted by molar-refractivity contribution is 5.88. The summed E-state index contributed by atoms with van der Waals surface area (Å²) in [6, 6.07) is 10.9. The van der Waals surface area contributed by atoms with Crippen molar-refractivity contribution in [1.29, 1.82) is 0 Å². The molecule has 20 heavy (non-hydrogen) atoms. The molecule has 0 amide bonds. The molecule has 3 nitrogen and oxygen atoms in total. The molecule has 1 aromatic rings. The summed E-state index contributed by atoms with van der Waals surface area (Å²) >= 11 is 0. The SMILES string of the molecule is CC/C(=C/CNC(C)CCc1ccccc1)C(=O)OC. The van der Waals surface area contributed by atoms with Gasteiger partial charge in [0.2, 0.25) is 0 Å². The molecule has 1 atom stereocenters. The fourth-order valence-electron chi connectivity index (χ4n) is 2.02. The highest BCUT2D eigenvalue weighted by Crippen LogP contribution is 2.05. The first-order chi connectivity index (χ1) is 9.67. The molecule has 0 spiro atoms. The van der Waals surface area contributed by atoms with Crippen LogP contribution in [0.1, 0.15) is 32.3 Å². The van der Waals surface area contributed by atoms with Crippen LogP contribution in [0.2, 0.25) is 0 Å². The standard InChI is InChI=1S/C17H25NO2/c1-4-16(17(19)20-3)12-13-18-14(2)10-11-15-8-6-5-7-9-15/h5-9,12,14,18H,4,10-11,13H2,1-3H3/b16-12-. The predicted molar refractivity (Wildman–Crippen MR) is 82.6 cm³/mol.